The third kappa shape index (κ3) is 4.92. The normalized spacial score (nSPS) is 15.1. The Morgan fingerprint density at radius 2 is 1.94 bits per heavy atom. The highest BCUT2D eigenvalue weighted by atomic mass is 35.5. The van der Waals surface area contributed by atoms with Crippen LogP contribution in [-0.4, -0.2) is 30.1 Å². The van der Waals surface area contributed by atoms with Crippen LogP contribution in [0.2, 0.25) is 5.02 Å². The van der Waals surface area contributed by atoms with Crippen LogP contribution in [0, 0.1) is 5.82 Å². The molecule has 0 saturated carbocycles. The Bertz CT molecular complexity index is 1090. The molecule has 160 valence electrons. The molecule has 0 unspecified atom stereocenters. The minimum absolute atomic E-state index is 0.0973. The van der Waals surface area contributed by atoms with Gasteiger partial charge < -0.3 is 9.47 Å². The SMILES string of the molecule is C=CCOc1c(Cl)cc(/C=C2/C(=O)NC(=S)N(c3ccc(F)cc3)C2=O)cc1OCC. The molecule has 0 aromatic heterocycles. The highest BCUT2D eigenvalue weighted by molar-refractivity contribution is 7.80. The molecule has 2 amide bonds. The molecule has 0 atom stereocenters. The van der Waals surface area contributed by atoms with Gasteiger partial charge in [-0.2, -0.15) is 0 Å². The lowest BCUT2D eigenvalue weighted by Crippen LogP contribution is -2.54. The van der Waals surface area contributed by atoms with Crippen LogP contribution in [0.3, 0.4) is 0 Å². The van der Waals surface area contributed by atoms with Gasteiger partial charge in [0.15, 0.2) is 16.6 Å². The van der Waals surface area contributed by atoms with Crippen LogP contribution >= 0.6 is 23.8 Å². The van der Waals surface area contributed by atoms with Crippen molar-refractivity contribution in [2.75, 3.05) is 18.1 Å². The second-order valence-electron chi connectivity index (χ2n) is 6.30. The largest absolute Gasteiger partial charge is 0.490 e. The molecule has 1 aliphatic heterocycles. The third-order valence-electron chi connectivity index (χ3n) is 4.17. The van der Waals surface area contributed by atoms with Crippen molar-refractivity contribution in [1.29, 1.82) is 0 Å². The van der Waals surface area contributed by atoms with E-state index in [1.807, 2.05) is 0 Å². The summed E-state index contributed by atoms with van der Waals surface area (Å²) < 4.78 is 24.4. The van der Waals surface area contributed by atoms with E-state index in [0.717, 1.165) is 4.90 Å². The second kappa shape index (κ2) is 9.72. The van der Waals surface area contributed by atoms with E-state index in [0.29, 0.717) is 29.4 Å². The Hall–Kier alpha value is -3.23. The zero-order valence-electron chi connectivity index (χ0n) is 16.5. The zero-order valence-corrected chi connectivity index (χ0v) is 18.1. The van der Waals surface area contributed by atoms with Gasteiger partial charge in [0.25, 0.3) is 11.8 Å². The van der Waals surface area contributed by atoms with E-state index in [9.17, 15) is 14.0 Å². The fourth-order valence-corrected chi connectivity index (χ4v) is 3.42. The van der Waals surface area contributed by atoms with E-state index in [1.165, 1.54) is 30.3 Å². The van der Waals surface area contributed by atoms with Gasteiger partial charge in [0.2, 0.25) is 0 Å². The highest BCUT2D eigenvalue weighted by Crippen LogP contribution is 2.37. The molecule has 0 spiro atoms. The lowest BCUT2D eigenvalue weighted by Gasteiger charge is -2.29. The van der Waals surface area contributed by atoms with E-state index < -0.39 is 17.6 Å². The Balaban J connectivity index is 2.01. The zero-order chi connectivity index (χ0) is 22.5. The van der Waals surface area contributed by atoms with E-state index in [1.54, 1.807) is 25.1 Å². The number of nitrogens with one attached hydrogen (secondary N) is 1. The maximum atomic E-state index is 13.3. The van der Waals surface area contributed by atoms with Gasteiger partial charge in [-0.25, -0.2) is 4.39 Å². The minimum Gasteiger partial charge on any atom is -0.490 e. The van der Waals surface area contributed by atoms with Gasteiger partial charge in [0.05, 0.1) is 17.3 Å². The third-order valence-corrected chi connectivity index (χ3v) is 4.74. The van der Waals surface area contributed by atoms with Gasteiger partial charge in [-0.3, -0.25) is 19.8 Å². The molecule has 1 N–H and O–H groups in total. The average molecular weight is 461 g/mol. The van der Waals surface area contributed by atoms with Crippen LogP contribution in [0.5, 0.6) is 11.5 Å². The molecule has 0 aliphatic carbocycles. The van der Waals surface area contributed by atoms with Crippen LogP contribution in [0.1, 0.15) is 12.5 Å². The molecule has 1 heterocycles. The summed E-state index contributed by atoms with van der Waals surface area (Å²) in [7, 11) is 0. The van der Waals surface area contributed by atoms with Crippen molar-refractivity contribution in [2.45, 2.75) is 6.92 Å². The number of amides is 2. The van der Waals surface area contributed by atoms with Gasteiger partial charge in [-0.05, 0) is 67.2 Å². The molecule has 0 bridgehead atoms. The number of anilines is 1. The Labute approximate surface area is 188 Å². The smallest absolute Gasteiger partial charge is 0.270 e. The lowest BCUT2D eigenvalue weighted by molar-refractivity contribution is -0.122. The molecule has 1 saturated heterocycles. The molecule has 9 heteroatoms. The van der Waals surface area contributed by atoms with Gasteiger partial charge in [-0.1, -0.05) is 24.3 Å². The first-order valence-electron chi connectivity index (χ1n) is 9.22. The standard InChI is InChI=1S/C22H18ClFN2O4S/c1-3-9-30-19-17(23)11-13(12-18(19)29-4-2)10-16-20(27)25-22(31)26(21(16)28)15-7-5-14(24)6-8-15/h3,5-8,10-12H,1,4,9H2,2H3,(H,25,27,31)/b16-10-. The van der Waals surface area contributed by atoms with E-state index in [2.05, 4.69) is 11.9 Å². The summed E-state index contributed by atoms with van der Waals surface area (Å²) in [5, 5.41) is 2.62. The number of hydrogen-bond donors (Lipinski definition) is 1. The number of carbonyl (C=O) groups excluding carboxylic acids is 2. The van der Waals surface area contributed by atoms with E-state index in [-0.39, 0.29) is 22.3 Å². The molecule has 1 fully saturated rings. The Kier molecular flexibility index (Phi) is 7.04. The Morgan fingerprint density at radius 3 is 2.58 bits per heavy atom. The number of hydrogen-bond acceptors (Lipinski definition) is 5. The van der Waals surface area contributed by atoms with Gasteiger partial charge in [0, 0.05) is 0 Å². The summed E-state index contributed by atoms with van der Waals surface area (Å²) in [4.78, 5) is 26.7. The number of nitrogens with zero attached hydrogens (tertiary/aromatic N) is 1. The molecule has 31 heavy (non-hydrogen) atoms. The fourth-order valence-electron chi connectivity index (χ4n) is 2.87. The summed E-state index contributed by atoms with van der Waals surface area (Å²) in [5.74, 6) is -1.08. The molecular weight excluding hydrogens is 443 g/mol. The molecule has 3 rings (SSSR count). The summed E-state index contributed by atoms with van der Waals surface area (Å²) in [6.45, 7) is 5.98. The van der Waals surface area contributed by atoms with Crippen LogP contribution in [0.25, 0.3) is 6.08 Å². The predicted molar refractivity (Wildman–Crippen MR) is 121 cm³/mol. The van der Waals surface area contributed by atoms with Crippen LogP contribution < -0.4 is 19.7 Å². The maximum absolute atomic E-state index is 13.3. The summed E-state index contributed by atoms with van der Waals surface area (Å²) in [5.41, 5.74) is 0.601. The van der Waals surface area contributed by atoms with Crippen molar-refractivity contribution in [3.05, 3.63) is 71.0 Å². The van der Waals surface area contributed by atoms with Gasteiger partial charge in [0.1, 0.15) is 18.0 Å². The van der Waals surface area contributed by atoms with Gasteiger partial charge >= 0.3 is 0 Å². The maximum Gasteiger partial charge on any atom is 0.270 e. The fraction of sp³-hybridized carbons (Fsp3) is 0.136. The topological polar surface area (TPSA) is 67.9 Å². The predicted octanol–water partition coefficient (Wildman–Crippen LogP) is 4.27. The average Bonchev–Trinajstić information content (AvgIpc) is 2.72. The second-order valence-corrected chi connectivity index (χ2v) is 7.09. The summed E-state index contributed by atoms with van der Waals surface area (Å²) >= 11 is 11.5. The molecular formula is C22H18ClFN2O4S. The molecule has 2 aromatic carbocycles. The summed E-state index contributed by atoms with van der Waals surface area (Å²) in [6, 6.07) is 8.33. The quantitative estimate of drug-likeness (QED) is 0.289. The Morgan fingerprint density at radius 1 is 1.23 bits per heavy atom. The first-order chi connectivity index (χ1) is 14.8. The van der Waals surface area contributed by atoms with Crippen molar-refractivity contribution in [2.24, 2.45) is 0 Å². The monoisotopic (exact) mass is 460 g/mol. The van der Waals surface area contributed by atoms with Crippen LogP contribution in [0.4, 0.5) is 10.1 Å². The number of carbonyl (C=O) groups is 2. The van der Waals surface area contributed by atoms with E-state index in [4.69, 9.17) is 33.3 Å². The highest BCUT2D eigenvalue weighted by Gasteiger charge is 2.34. The van der Waals surface area contributed by atoms with Crippen molar-refractivity contribution in [3.8, 4) is 11.5 Å². The van der Waals surface area contributed by atoms with Crippen LogP contribution in [-0.2, 0) is 9.59 Å². The molecule has 1 aliphatic rings. The van der Waals surface area contributed by atoms with Crippen LogP contribution in [0.15, 0.2) is 54.6 Å². The van der Waals surface area contributed by atoms with Gasteiger partial charge in [-0.15, -0.1) is 0 Å². The first-order valence-corrected chi connectivity index (χ1v) is 10.0. The molecule has 0 radical (unpaired) electrons. The number of rotatable bonds is 7. The first kappa shape index (κ1) is 22.5. The van der Waals surface area contributed by atoms with Crippen molar-refractivity contribution in [1.82, 2.24) is 5.32 Å². The lowest BCUT2D eigenvalue weighted by atomic mass is 10.1. The van der Waals surface area contributed by atoms with E-state index >= 15 is 0 Å². The van der Waals surface area contributed by atoms with Crippen molar-refractivity contribution in [3.63, 3.8) is 0 Å². The van der Waals surface area contributed by atoms with Crippen molar-refractivity contribution >= 4 is 52.5 Å². The van der Waals surface area contributed by atoms with Crippen molar-refractivity contribution < 1.29 is 23.5 Å². The number of thiocarbonyl (C=S) groups is 1. The number of benzene rings is 2. The number of halogens is 2. The summed E-state index contributed by atoms with van der Waals surface area (Å²) in [6.07, 6.45) is 2.95. The molecule has 2 aromatic rings. The molecule has 6 nitrogen and oxygen atoms in total. The number of ether oxygens (including phenoxy) is 2. The minimum atomic E-state index is -0.658.